The number of Topliss-reactive ketones (excluding diaryl/α,β-unsaturated/α-hetero) is 1. The van der Waals surface area contributed by atoms with Crippen molar-refractivity contribution in [1.82, 2.24) is 0 Å². The summed E-state index contributed by atoms with van der Waals surface area (Å²) < 4.78 is 5.71. The zero-order valence-corrected chi connectivity index (χ0v) is 19.0. The lowest BCUT2D eigenvalue weighted by Crippen LogP contribution is -2.19. The highest BCUT2D eigenvalue weighted by Crippen LogP contribution is 2.22. The van der Waals surface area contributed by atoms with E-state index in [-0.39, 0.29) is 30.2 Å². The van der Waals surface area contributed by atoms with Crippen LogP contribution in [0.5, 0.6) is 0 Å². The molecule has 0 saturated carbocycles. The van der Waals surface area contributed by atoms with Crippen LogP contribution < -0.4 is 0 Å². The van der Waals surface area contributed by atoms with Gasteiger partial charge in [-0.05, 0) is 58.3 Å². The highest BCUT2D eigenvalue weighted by Gasteiger charge is 2.18. The standard InChI is InChI=1S/C24H44O5/c1-4-6-10-16-22(29-24(28)19-7-5-2)17-13-15-21(20(3)25)14-11-8-9-12-18-23(26)27/h21-22H,4-19H2,1-3H3,(H,26,27). The van der Waals surface area contributed by atoms with Gasteiger partial charge in [0.25, 0.3) is 0 Å². The van der Waals surface area contributed by atoms with E-state index in [0.29, 0.717) is 12.8 Å². The van der Waals surface area contributed by atoms with Crippen molar-refractivity contribution in [3.63, 3.8) is 0 Å². The third-order valence-corrected chi connectivity index (χ3v) is 5.51. The van der Waals surface area contributed by atoms with Gasteiger partial charge in [0.1, 0.15) is 11.9 Å². The maximum absolute atomic E-state index is 12.0. The monoisotopic (exact) mass is 412 g/mol. The normalized spacial score (nSPS) is 13.1. The first-order valence-electron chi connectivity index (χ1n) is 11.8. The molecule has 5 heteroatoms. The molecule has 0 aromatic heterocycles. The van der Waals surface area contributed by atoms with Gasteiger partial charge in [0.05, 0.1) is 0 Å². The Bertz CT molecular complexity index is 447. The van der Waals surface area contributed by atoms with Crippen LogP contribution in [0.3, 0.4) is 0 Å². The first-order valence-corrected chi connectivity index (χ1v) is 11.8. The molecule has 0 aliphatic rings. The Hall–Kier alpha value is -1.39. The van der Waals surface area contributed by atoms with Gasteiger partial charge < -0.3 is 9.84 Å². The number of carboxylic acids is 1. The quantitative estimate of drug-likeness (QED) is 0.183. The van der Waals surface area contributed by atoms with Crippen LogP contribution in [-0.2, 0) is 19.1 Å². The number of esters is 1. The van der Waals surface area contributed by atoms with Gasteiger partial charge in [0.2, 0.25) is 0 Å². The lowest BCUT2D eigenvalue weighted by molar-refractivity contribution is -0.150. The molecule has 0 aromatic carbocycles. The van der Waals surface area contributed by atoms with Gasteiger partial charge in [-0.1, -0.05) is 52.4 Å². The summed E-state index contributed by atoms with van der Waals surface area (Å²) in [5.74, 6) is -0.520. The van der Waals surface area contributed by atoms with Crippen LogP contribution in [0.4, 0.5) is 0 Å². The van der Waals surface area contributed by atoms with Crippen molar-refractivity contribution >= 4 is 17.7 Å². The van der Waals surface area contributed by atoms with Crippen LogP contribution >= 0.6 is 0 Å². The molecule has 0 bridgehead atoms. The summed E-state index contributed by atoms with van der Waals surface area (Å²) in [5, 5.41) is 8.66. The number of carboxylic acid groups (broad SMARTS) is 1. The maximum atomic E-state index is 12.0. The van der Waals surface area contributed by atoms with E-state index in [0.717, 1.165) is 83.5 Å². The lowest BCUT2D eigenvalue weighted by Gasteiger charge is -2.20. The minimum atomic E-state index is -0.740. The van der Waals surface area contributed by atoms with E-state index in [1.165, 1.54) is 0 Å². The fourth-order valence-corrected chi connectivity index (χ4v) is 3.61. The number of ketones is 1. The molecule has 170 valence electrons. The fourth-order valence-electron chi connectivity index (χ4n) is 3.61. The van der Waals surface area contributed by atoms with Crippen LogP contribution in [0, 0.1) is 5.92 Å². The first kappa shape index (κ1) is 27.6. The highest BCUT2D eigenvalue weighted by molar-refractivity contribution is 5.78. The van der Waals surface area contributed by atoms with Gasteiger partial charge in [-0.15, -0.1) is 0 Å². The SMILES string of the molecule is CCCCCC(CCCC(CCCCCCC(=O)O)C(C)=O)OC(=O)CCCC. The summed E-state index contributed by atoms with van der Waals surface area (Å²) in [7, 11) is 0. The molecular weight excluding hydrogens is 368 g/mol. The zero-order chi connectivity index (χ0) is 21.9. The van der Waals surface area contributed by atoms with E-state index in [1.54, 1.807) is 6.92 Å². The molecule has 0 aliphatic heterocycles. The van der Waals surface area contributed by atoms with E-state index in [2.05, 4.69) is 13.8 Å². The van der Waals surface area contributed by atoms with Gasteiger partial charge in [-0.3, -0.25) is 14.4 Å². The van der Waals surface area contributed by atoms with Crippen LogP contribution in [0.1, 0.15) is 124 Å². The Morgan fingerprint density at radius 2 is 1.31 bits per heavy atom. The maximum Gasteiger partial charge on any atom is 0.306 e. The summed E-state index contributed by atoms with van der Waals surface area (Å²) in [6.07, 6.45) is 13.9. The molecule has 29 heavy (non-hydrogen) atoms. The lowest BCUT2D eigenvalue weighted by atomic mass is 9.91. The molecule has 1 N–H and O–H groups in total. The Morgan fingerprint density at radius 3 is 1.93 bits per heavy atom. The summed E-state index contributed by atoms with van der Waals surface area (Å²) in [6, 6.07) is 0. The van der Waals surface area contributed by atoms with Gasteiger partial charge in [0.15, 0.2) is 0 Å². The number of carbonyl (C=O) groups excluding carboxylic acids is 2. The summed E-state index contributed by atoms with van der Waals surface area (Å²) >= 11 is 0. The number of aliphatic carboxylic acids is 1. The third kappa shape index (κ3) is 17.2. The number of unbranched alkanes of at least 4 members (excludes halogenated alkanes) is 6. The van der Waals surface area contributed by atoms with E-state index in [1.807, 2.05) is 0 Å². The van der Waals surface area contributed by atoms with Crippen molar-refractivity contribution in [1.29, 1.82) is 0 Å². The molecule has 0 fully saturated rings. The second kappa shape index (κ2) is 18.6. The summed E-state index contributed by atoms with van der Waals surface area (Å²) in [6.45, 7) is 5.90. The molecule has 0 amide bonds. The van der Waals surface area contributed by atoms with Crippen LogP contribution in [-0.4, -0.2) is 28.9 Å². The molecule has 2 unspecified atom stereocenters. The molecule has 0 radical (unpaired) electrons. The predicted octanol–water partition coefficient (Wildman–Crippen LogP) is 6.47. The van der Waals surface area contributed by atoms with Gasteiger partial charge in [-0.25, -0.2) is 0 Å². The van der Waals surface area contributed by atoms with E-state index in [4.69, 9.17) is 9.84 Å². The summed E-state index contributed by atoms with van der Waals surface area (Å²) in [4.78, 5) is 34.5. The molecule has 0 spiro atoms. The molecule has 0 rings (SSSR count). The predicted molar refractivity (Wildman–Crippen MR) is 117 cm³/mol. The molecule has 0 heterocycles. The molecule has 0 aliphatic carbocycles. The van der Waals surface area contributed by atoms with E-state index < -0.39 is 5.97 Å². The minimum Gasteiger partial charge on any atom is -0.481 e. The summed E-state index contributed by atoms with van der Waals surface area (Å²) in [5.41, 5.74) is 0. The number of ether oxygens (including phenoxy) is 1. The second-order valence-electron chi connectivity index (χ2n) is 8.30. The van der Waals surface area contributed by atoms with Crippen molar-refractivity contribution in [2.45, 2.75) is 130 Å². The second-order valence-corrected chi connectivity index (χ2v) is 8.30. The smallest absolute Gasteiger partial charge is 0.306 e. The number of carbonyl (C=O) groups is 3. The van der Waals surface area contributed by atoms with Crippen LogP contribution in [0.25, 0.3) is 0 Å². The average Bonchev–Trinajstić information content (AvgIpc) is 2.67. The molecule has 0 saturated heterocycles. The van der Waals surface area contributed by atoms with Crippen molar-refractivity contribution in [2.75, 3.05) is 0 Å². The first-order chi connectivity index (χ1) is 13.9. The highest BCUT2D eigenvalue weighted by atomic mass is 16.5. The van der Waals surface area contributed by atoms with Crippen molar-refractivity contribution < 1.29 is 24.2 Å². The van der Waals surface area contributed by atoms with Gasteiger partial charge in [0, 0.05) is 18.8 Å². The molecule has 5 nitrogen and oxygen atoms in total. The van der Waals surface area contributed by atoms with Crippen molar-refractivity contribution in [2.24, 2.45) is 5.92 Å². The Balaban J connectivity index is 4.27. The van der Waals surface area contributed by atoms with Gasteiger partial charge in [-0.2, -0.15) is 0 Å². The largest absolute Gasteiger partial charge is 0.481 e. The Labute approximate surface area is 178 Å². The zero-order valence-electron chi connectivity index (χ0n) is 19.0. The Morgan fingerprint density at radius 1 is 0.724 bits per heavy atom. The van der Waals surface area contributed by atoms with Crippen molar-refractivity contribution in [3.05, 3.63) is 0 Å². The topological polar surface area (TPSA) is 80.7 Å². The number of rotatable bonds is 20. The molecular formula is C24H44O5. The minimum absolute atomic E-state index is 0.0190. The molecule has 0 aromatic rings. The van der Waals surface area contributed by atoms with Crippen molar-refractivity contribution in [3.8, 4) is 0 Å². The van der Waals surface area contributed by atoms with Crippen LogP contribution in [0.15, 0.2) is 0 Å². The molecule has 2 atom stereocenters. The van der Waals surface area contributed by atoms with Gasteiger partial charge >= 0.3 is 11.9 Å². The Kier molecular flexibility index (Phi) is 17.7. The van der Waals surface area contributed by atoms with Crippen LogP contribution in [0.2, 0.25) is 0 Å². The third-order valence-electron chi connectivity index (χ3n) is 5.51. The van der Waals surface area contributed by atoms with E-state index in [9.17, 15) is 14.4 Å². The average molecular weight is 413 g/mol. The number of hydrogen-bond donors (Lipinski definition) is 1. The fraction of sp³-hybridized carbons (Fsp3) is 0.875. The van der Waals surface area contributed by atoms with E-state index >= 15 is 0 Å². The number of hydrogen-bond acceptors (Lipinski definition) is 4.